The van der Waals surface area contributed by atoms with Crippen molar-refractivity contribution in [1.82, 2.24) is 4.98 Å². The molecule has 0 aliphatic heterocycles. The van der Waals surface area contributed by atoms with Crippen LogP contribution in [0.3, 0.4) is 0 Å². The van der Waals surface area contributed by atoms with Crippen LogP contribution in [0.5, 0.6) is 0 Å². The summed E-state index contributed by atoms with van der Waals surface area (Å²) in [7, 11) is 4.11. The molecule has 3 heteroatoms. The molecule has 1 spiro atoms. The molecule has 3 rings (SSSR count). The van der Waals surface area contributed by atoms with E-state index in [-0.39, 0.29) is 0 Å². The number of nitrogens with zero attached hydrogens (tertiary/aromatic N) is 2. The molecule has 0 unspecified atom stereocenters. The van der Waals surface area contributed by atoms with Gasteiger partial charge < -0.3 is 10.2 Å². The van der Waals surface area contributed by atoms with Gasteiger partial charge in [-0.05, 0) is 56.1 Å². The van der Waals surface area contributed by atoms with Crippen molar-refractivity contribution in [2.75, 3.05) is 24.3 Å². The van der Waals surface area contributed by atoms with Crippen molar-refractivity contribution < 1.29 is 0 Å². The highest BCUT2D eigenvalue weighted by Gasteiger charge is 2.37. The molecule has 2 saturated carbocycles. The van der Waals surface area contributed by atoms with Gasteiger partial charge in [0.1, 0.15) is 0 Å². The SMILES string of the molecule is CN(C)c1ncccc1NC1CCC2(CCCC2)CC1. The Balaban J connectivity index is 1.62. The lowest BCUT2D eigenvalue weighted by Crippen LogP contribution is -2.32. The van der Waals surface area contributed by atoms with Crippen molar-refractivity contribution in [1.29, 1.82) is 0 Å². The van der Waals surface area contributed by atoms with E-state index in [2.05, 4.69) is 35.4 Å². The van der Waals surface area contributed by atoms with Gasteiger partial charge in [-0.15, -0.1) is 0 Å². The minimum absolute atomic E-state index is 0.629. The molecule has 0 atom stereocenters. The Bertz CT molecular complexity index is 439. The Hall–Kier alpha value is -1.25. The highest BCUT2D eigenvalue weighted by molar-refractivity contribution is 5.65. The highest BCUT2D eigenvalue weighted by atomic mass is 15.2. The van der Waals surface area contributed by atoms with E-state index in [1.807, 2.05) is 12.3 Å². The van der Waals surface area contributed by atoms with Crippen LogP contribution in [0.25, 0.3) is 0 Å². The van der Waals surface area contributed by atoms with Crippen molar-refractivity contribution >= 4 is 11.5 Å². The maximum absolute atomic E-state index is 4.48. The molecule has 0 bridgehead atoms. The van der Waals surface area contributed by atoms with Crippen LogP contribution < -0.4 is 10.2 Å². The van der Waals surface area contributed by atoms with E-state index < -0.39 is 0 Å². The second-order valence-electron chi connectivity index (χ2n) is 6.89. The highest BCUT2D eigenvalue weighted by Crippen LogP contribution is 2.49. The second kappa shape index (κ2) is 5.63. The Labute approximate surface area is 122 Å². The van der Waals surface area contributed by atoms with Crippen LogP contribution in [0.15, 0.2) is 18.3 Å². The summed E-state index contributed by atoms with van der Waals surface area (Å²) in [5.41, 5.74) is 1.90. The first-order chi connectivity index (χ1) is 9.69. The van der Waals surface area contributed by atoms with Gasteiger partial charge in [0, 0.05) is 26.3 Å². The van der Waals surface area contributed by atoms with Crippen molar-refractivity contribution in [2.24, 2.45) is 5.41 Å². The molecule has 2 aliphatic carbocycles. The van der Waals surface area contributed by atoms with Crippen molar-refractivity contribution in [2.45, 2.75) is 57.4 Å². The van der Waals surface area contributed by atoms with Gasteiger partial charge in [0.05, 0.1) is 5.69 Å². The number of anilines is 2. The van der Waals surface area contributed by atoms with Gasteiger partial charge in [-0.3, -0.25) is 0 Å². The Morgan fingerprint density at radius 2 is 1.85 bits per heavy atom. The largest absolute Gasteiger partial charge is 0.379 e. The molecule has 20 heavy (non-hydrogen) atoms. The topological polar surface area (TPSA) is 28.2 Å². The summed E-state index contributed by atoms with van der Waals surface area (Å²) in [5.74, 6) is 1.05. The van der Waals surface area contributed by atoms with Crippen LogP contribution in [-0.4, -0.2) is 25.1 Å². The second-order valence-corrected chi connectivity index (χ2v) is 6.89. The Morgan fingerprint density at radius 3 is 2.50 bits per heavy atom. The average Bonchev–Trinajstić information content (AvgIpc) is 2.90. The fraction of sp³-hybridized carbons (Fsp3) is 0.706. The van der Waals surface area contributed by atoms with E-state index >= 15 is 0 Å². The molecule has 2 fully saturated rings. The molecule has 0 aromatic carbocycles. The lowest BCUT2D eigenvalue weighted by molar-refractivity contribution is 0.188. The summed E-state index contributed by atoms with van der Waals surface area (Å²) in [6.45, 7) is 0. The molecule has 2 aliphatic rings. The molecule has 0 amide bonds. The van der Waals surface area contributed by atoms with Gasteiger partial charge in [0.15, 0.2) is 5.82 Å². The number of rotatable bonds is 3. The summed E-state index contributed by atoms with van der Waals surface area (Å²) in [6.07, 6.45) is 13.2. The predicted octanol–water partition coefficient (Wildman–Crippen LogP) is 4.06. The minimum Gasteiger partial charge on any atom is -0.379 e. The van der Waals surface area contributed by atoms with Gasteiger partial charge in [-0.25, -0.2) is 4.98 Å². The van der Waals surface area contributed by atoms with Crippen LogP contribution in [0.1, 0.15) is 51.4 Å². The molecule has 1 aromatic heterocycles. The normalized spacial score (nSPS) is 22.1. The summed E-state index contributed by atoms with van der Waals surface area (Å²) in [5, 5.41) is 3.73. The summed E-state index contributed by atoms with van der Waals surface area (Å²) in [6, 6.07) is 4.81. The van der Waals surface area contributed by atoms with Gasteiger partial charge >= 0.3 is 0 Å². The zero-order chi connectivity index (χ0) is 14.0. The summed E-state index contributed by atoms with van der Waals surface area (Å²) in [4.78, 5) is 6.56. The summed E-state index contributed by atoms with van der Waals surface area (Å²) >= 11 is 0. The van der Waals surface area contributed by atoms with E-state index in [1.165, 1.54) is 57.1 Å². The third kappa shape index (κ3) is 2.77. The first-order valence-corrected chi connectivity index (χ1v) is 8.07. The van der Waals surface area contributed by atoms with Crippen LogP contribution in [0, 0.1) is 5.41 Å². The van der Waals surface area contributed by atoms with Crippen molar-refractivity contribution in [3.05, 3.63) is 18.3 Å². The first-order valence-electron chi connectivity index (χ1n) is 8.07. The predicted molar refractivity (Wildman–Crippen MR) is 85.3 cm³/mol. The van der Waals surface area contributed by atoms with Crippen LogP contribution in [-0.2, 0) is 0 Å². The quantitative estimate of drug-likeness (QED) is 0.900. The number of aromatic nitrogens is 1. The van der Waals surface area contributed by atoms with Crippen LogP contribution in [0.4, 0.5) is 11.5 Å². The first kappa shape index (κ1) is 13.7. The van der Waals surface area contributed by atoms with Crippen molar-refractivity contribution in [3.8, 4) is 0 Å². The maximum atomic E-state index is 4.48. The monoisotopic (exact) mass is 273 g/mol. The minimum atomic E-state index is 0.629. The number of nitrogens with one attached hydrogen (secondary N) is 1. The van der Waals surface area contributed by atoms with Gasteiger partial charge in [-0.1, -0.05) is 12.8 Å². The third-order valence-corrected chi connectivity index (χ3v) is 5.28. The van der Waals surface area contributed by atoms with E-state index in [1.54, 1.807) is 0 Å². The van der Waals surface area contributed by atoms with Gasteiger partial charge in [0.2, 0.25) is 0 Å². The molecule has 3 nitrogen and oxygen atoms in total. The molecular weight excluding hydrogens is 246 g/mol. The van der Waals surface area contributed by atoms with Crippen molar-refractivity contribution in [3.63, 3.8) is 0 Å². The van der Waals surface area contributed by atoms with Gasteiger partial charge in [-0.2, -0.15) is 0 Å². The van der Waals surface area contributed by atoms with E-state index in [0.717, 1.165) is 11.2 Å². The Morgan fingerprint density at radius 1 is 1.15 bits per heavy atom. The Kier molecular flexibility index (Phi) is 3.86. The average molecular weight is 273 g/mol. The number of hydrogen-bond acceptors (Lipinski definition) is 3. The van der Waals surface area contributed by atoms with E-state index in [9.17, 15) is 0 Å². The summed E-state index contributed by atoms with van der Waals surface area (Å²) < 4.78 is 0. The van der Waals surface area contributed by atoms with E-state index in [4.69, 9.17) is 0 Å². The maximum Gasteiger partial charge on any atom is 0.151 e. The molecule has 1 aromatic rings. The third-order valence-electron chi connectivity index (χ3n) is 5.28. The molecule has 0 radical (unpaired) electrons. The fourth-order valence-corrected chi connectivity index (χ4v) is 4.09. The zero-order valence-corrected chi connectivity index (χ0v) is 12.9. The lowest BCUT2D eigenvalue weighted by Gasteiger charge is -2.38. The molecule has 0 saturated heterocycles. The fourth-order valence-electron chi connectivity index (χ4n) is 4.09. The molecule has 110 valence electrons. The van der Waals surface area contributed by atoms with Gasteiger partial charge in [0.25, 0.3) is 0 Å². The number of pyridine rings is 1. The molecule has 1 heterocycles. The van der Waals surface area contributed by atoms with Crippen LogP contribution in [0.2, 0.25) is 0 Å². The standard InChI is InChI=1S/C17H27N3/c1-20(2)16-15(6-5-13-18-16)19-14-7-11-17(12-8-14)9-3-4-10-17/h5-6,13-14,19H,3-4,7-12H2,1-2H3. The van der Waals surface area contributed by atoms with E-state index in [0.29, 0.717) is 6.04 Å². The lowest BCUT2D eigenvalue weighted by atomic mass is 9.71. The number of hydrogen-bond donors (Lipinski definition) is 1. The van der Waals surface area contributed by atoms with Crippen LogP contribution >= 0.6 is 0 Å². The molecular formula is C17H27N3. The zero-order valence-electron chi connectivity index (χ0n) is 12.9. The smallest absolute Gasteiger partial charge is 0.151 e. The molecule has 1 N–H and O–H groups in total.